The molecule has 1 N–H and O–H groups in total. The van der Waals surface area contributed by atoms with Gasteiger partial charge in [-0.2, -0.15) is 0 Å². The quantitative estimate of drug-likeness (QED) is 0.768. The Hall–Kier alpha value is -1.07. The molecule has 0 saturated carbocycles. The third-order valence-electron chi connectivity index (χ3n) is 1.82. The van der Waals surface area contributed by atoms with Crippen molar-refractivity contribution in [1.82, 2.24) is 14.9 Å². The standard InChI is InChI=1S/C9H15ClN4O/c1-14(2)5-4-11-9-7(15-3)8(10)12-6-13-9/h6H,4-5H2,1-3H3,(H,11,12,13). The summed E-state index contributed by atoms with van der Waals surface area (Å²) < 4.78 is 5.10. The van der Waals surface area contributed by atoms with Crippen molar-refractivity contribution in [2.45, 2.75) is 0 Å². The average molecular weight is 231 g/mol. The number of rotatable bonds is 5. The Labute approximate surface area is 94.4 Å². The van der Waals surface area contributed by atoms with Gasteiger partial charge in [0.2, 0.25) is 0 Å². The summed E-state index contributed by atoms with van der Waals surface area (Å²) in [6.07, 6.45) is 1.41. The number of aromatic nitrogens is 2. The van der Waals surface area contributed by atoms with Crippen molar-refractivity contribution in [3.8, 4) is 5.75 Å². The molecule has 6 heteroatoms. The van der Waals surface area contributed by atoms with E-state index in [-0.39, 0.29) is 0 Å². The summed E-state index contributed by atoms with van der Waals surface area (Å²) >= 11 is 5.84. The molecule has 1 aromatic heterocycles. The number of methoxy groups -OCH3 is 1. The minimum atomic E-state index is 0.319. The van der Waals surface area contributed by atoms with Gasteiger partial charge in [0.1, 0.15) is 6.33 Å². The Morgan fingerprint density at radius 1 is 1.47 bits per heavy atom. The first-order valence-electron chi connectivity index (χ1n) is 4.58. The molecule has 1 heterocycles. The lowest BCUT2D eigenvalue weighted by atomic mass is 10.5. The van der Waals surface area contributed by atoms with Gasteiger partial charge in [0, 0.05) is 13.1 Å². The van der Waals surface area contributed by atoms with Crippen molar-refractivity contribution in [1.29, 1.82) is 0 Å². The van der Waals surface area contributed by atoms with Crippen LogP contribution in [0.3, 0.4) is 0 Å². The van der Waals surface area contributed by atoms with Gasteiger partial charge in [-0.15, -0.1) is 0 Å². The SMILES string of the molecule is COc1c(Cl)ncnc1NCCN(C)C. The molecule has 0 spiro atoms. The molecule has 0 aromatic carbocycles. The second-order valence-electron chi connectivity index (χ2n) is 3.28. The Bertz CT molecular complexity index is 319. The van der Waals surface area contributed by atoms with Crippen molar-refractivity contribution in [3.63, 3.8) is 0 Å². The highest BCUT2D eigenvalue weighted by molar-refractivity contribution is 6.31. The predicted molar refractivity (Wildman–Crippen MR) is 60.6 cm³/mol. The minimum Gasteiger partial charge on any atom is -0.490 e. The van der Waals surface area contributed by atoms with E-state index in [1.54, 1.807) is 7.11 Å². The van der Waals surface area contributed by atoms with Gasteiger partial charge in [0.25, 0.3) is 0 Å². The summed E-state index contributed by atoms with van der Waals surface area (Å²) in [5, 5.41) is 3.45. The van der Waals surface area contributed by atoms with Gasteiger partial charge in [-0.05, 0) is 14.1 Å². The molecule has 5 nitrogen and oxygen atoms in total. The molecule has 0 fully saturated rings. The zero-order valence-electron chi connectivity index (χ0n) is 9.12. The summed E-state index contributed by atoms with van der Waals surface area (Å²) in [7, 11) is 5.55. The van der Waals surface area contributed by atoms with Gasteiger partial charge in [-0.25, -0.2) is 9.97 Å². The van der Waals surface area contributed by atoms with Gasteiger partial charge < -0.3 is 15.0 Å². The van der Waals surface area contributed by atoms with Crippen molar-refractivity contribution >= 4 is 17.4 Å². The first-order chi connectivity index (χ1) is 7.15. The van der Waals surface area contributed by atoms with E-state index in [0.29, 0.717) is 16.7 Å². The molecule has 1 rings (SSSR count). The van der Waals surface area contributed by atoms with Crippen LogP contribution in [0.2, 0.25) is 5.15 Å². The molecule has 0 aliphatic rings. The Kier molecular flexibility index (Phi) is 4.58. The number of hydrogen-bond donors (Lipinski definition) is 1. The number of halogens is 1. The maximum atomic E-state index is 5.84. The molecule has 0 amide bonds. The molecule has 84 valence electrons. The van der Waals surface area contributed by atoms with E-state index in [1.165, 1.54) is 6.33 Å². The van der Waals surface area contributed by atoms with Crippen LogP contribution in [0, 0.1) is 0 Å². The van der Waals surface area contributed by atoms with Crippen LogP contribution in [0.15, 0.2) is 6.33 Å². The maximum absolute atomic E-state index is 5.84. The Morgan fingerprint density at radius 3 is 2.80 bits per heavy atom. The van der Waals surface area contributed by atoms with Crippen LogP contribution in [0.5, 0.6) is 5.75 Å². The van der Waals surface area contributed by atoms with Crippen LogP contribution in [0.25, 0.3) is 0 Å². The van der Waals surface area contributed by atoms with Crippen LogP contribution >= 0.6 is 11.6 Å². The number of nitrogens with one attached hydrogen (secondary N) is 1. The smallest absolute Gasteiger partial charge is 0.198 e. The first-order valence-corrected chi connectivity index (χ1v) is 4.96. The number of hydrogen-bond acceptors (Lipinski definition) is 5. The lowest BCUT2D eigenvalue weighted by Gasteiger charge is -2.13. The first kappa shape index (κ1) is 12.0. The number of anilines is 1. The van der Waals surface area contributed by atoms with Crippen molar-refractivity contribution < 1.29 is 4.74 Å². The van der Waals surface area contributed by atoms with Crippen LogP contribution in [-0.4, -0.2) is 49.2 Å². The normalized spacial score (nSPS) is 10.5. The molecule has 1 aromatic rings. The highest BCUT2D eigenvalue weighted by Gasteiger charge is 2.09. The molecule has 0 aliphatic heterocycles. The van der Waals surface area contributed by atoms with Crippen molar-refractivity contribution in [2.24, 2.45) is 0 Å². The van der Waals surface area contributed by atoms with Crippen molar-refractivity contribution in [2.75, 3.05) is 39.6 Å². The van der Waals surface area contributed by atoms with E-state index >= 15 is 0 Å². The van der Waals surface area contributed by atoms with Gasteiger partial charge in [-0.1, -0.05) is 11.6 Å². The third kappa shape index (κ3) is 3.53. The topological polar surface area (TPSA) is 50.3 Å². The summed E-state index contributed by atoms with van der Waals surface area (Å²) in [5.41, 5.74) is 0. The molecule has 15 heavy (non-hydrogen) atoms. The van der Waals surface area contributed by atoms with E-state index in [9.17, 15) is 0 Å². The summed E-state index contributed by atoms with van der Waals surface area (Å²) in [6.45, 7) is 1.68. The number of likely N-dealkylation sites (N-methyl/N-ethyl adjacent to an activating group) is 1. The zero-order chi connectivity index (χ0) is 11.3. The van der Waals surface area contributed by atoms with Gasteiger partial charge >= 0.3 is 0 Å². The lowest BCUT2D eigenvalue weighted by Crippen LogP contribution is -2.21. The molecular formula is C9H15ClN4O. The molecule has 0 radical (unpaired) electrons. The number of ether oxygens (including phenoxy) is 1. The van der Waals surface area contributed by atoms with E-state index in [0.717, 1.165) is 13.1 Å². The summed E-state index contributed by atoms with van der Waals surface area (Å²) in [5.74, 6) is 1.11. The predicted octanol–water partition coefficient (Wildman–Crippen LogP) is 1.11. The van der Waals surface area contributed by atoms with Crippen molar-refractivity contribution in [3.05, 3.63) is 11.5 Å². The van der Waals surface area contributed by atoms with Crippen LogP contribution in [0.4, 0.5) is 5.82 Å². The van der Waals surface area contributed by atoms with E-state index in [4.69, 9.17) is 16.3 Å². The second kappa shape index (κ2) is 5.72. The van der Waals surface area contributed by atoms with Gasteiger partial charge in [0.05, 0.1) is 7.11 Å². The molecule has 0 unspecified atom stereocenters. The van der Waals surface area contributed by atoms with E-state index in [2.05, 4.69) is 20.2 Å². The van der Waals surface area contributed by atoms with Crippen LogP contribution in [0.1, 0.15) is 0 Å². The maximum Gasteiger partial charge on any atom is 0.198 e. The highest BCUT2D eigenvalue weighted by atomic mass is 35.5. The van der Waals surface area contributed by atoms with Gasteiger partial charge in [-0.3, -0.25) is 0 Å². The lowest BCUT2D eigenvalue weighted by molar-refractivity contribution is 0.409. The summed E-state index contributed by atoms with van der Waals surface area (Å²) in [4.78, 5) is 9.96. The largest absolute Gasteiger partial charge is 0.490 e. The fraction of sp³-hybridized carbons (Fsp3) is 0.556. The average Bonchev–Trinajstić information content (AvgIpc) is 2.17. The Morgan fingerprint density at radius 2 is 2.20 bits per heavy atom. The van der Waals surface area contributed by atoms with Crippen LogP contribution < -0.4 is 10.1 Å². The highest BCUT2D eigenvalue weighted by Crippen LogP contribution is 2.27. The molecule has 0 aliphatic carbocycles. The monoisotopic (exact) mass is 230 g/mol. The fourth-order valence-electron chi connectivity index (χ4n) is 1.06. The Balaban J connectivity index is 2.64. The molecule has 0 bridgehead atoms. The molecule has 0 atom stereocenters. The number of nitrogens with zero attached hydrogens (tertiary/aromatic N) is 3. The van der Waals surface area contributed by atoms with Gasteiger partial charge in [0.15, 0.2) is 16.7 Å². The van der Waals surface area contributed by atoms with E-state index < -0.39 is 0 Å². The second-order valence-corrected chi connectivity index (χ2v) is 3.63. The summed E-state index contributed by atoms with van der Waals surface area (Å²) in [6, 6.07) is 0. The zero-order valence-corrected chi connectivity index (χ0v) is 9.88. The third-order valence-corrected chi connectivity index (χ3v) is 2.09. The van der Waals surface area contributed by atoms with Crippen LogP contribution in [-0.2, 0) is 0 Å². The molecule has 0 saturated heterocycles. The van der Waals surface area contributed by atoms with E-state index in [1.807, 2.05) is 14.1 Å². The minimum absolute atomic E-state index is 0.319. The fourth-order valence-corrected chi connectivity index (χ4v) is 1.27. The molecular weight excluding hydrogens is 216 g/mol.